The first-order valence-corrected chi connectivity index (χ1v) is 8.59. The van der Waals surface area contributed by atoms with Gasteiger partial charge in [0.05, 0.1) is 11.9 Å². The zero-order valence-electron chi connectivity index (χ0n) is 13.9. The van der Waals surface area contributed by atoms with Gasteiger partial charge in [-0.25, -0.2) is 14.8 Å². The van der Waals surface area contributed by atoms with Crippen molar-refractivity contribution in [2.45, 2.75) is 12.8 Å². The molecule has 2 heterocycles. The van der Waals surface area contributed by atoms with Crippen LogP contribution in [0.25, 0.3) is 22.4 Å². The first kappa shape index (κ1) is 18.0. The van der Waals surface area contributed by atoms with Gasteiger partial charge in [-0.3, -0.25) is 10.3 Å². The number of anilines is 1. The third-order valence-electron chi connectivity index (χ3n) is 3.66. The Morgan fingerprint density at radius 1 is 1.08 bits per heavy atom. The molecule has 8 heteroatoms. The minimum absolute atomic E-state index is 0.115. The lowest BCUT2D eigenvalue weighted by atomic mass is 10.1. The van der Waals surface area contributed by atoms with E-state index in [2.05, 4.69) is 25.6 Å². The third-order valence-corrected chi connectivity index (χ3v) is 3.91. The second kappa shape index (κ2) is 8.55. The van der Waals surface area contributed by atoms with Crippen molar-refractivity contribution in [2.24, 2.45) is 0 Å². The number of fused-ring (bicyclic) bond motifs is 1. The van der Waals surface area contributed by atoms with Gasteiger partial charge in [-0.1, -0.05) is 23.7 Å². The summed E-state index contributed by atoms with van der Waals surface area (Å²) in [7, 11) is 0. The van der Waals surface area contributed by atoms with E-state index in [0.717, 1.165) is 5.56 Å². The maximum atomic E-state index is 11.9. The summed E-state index contributed by atoms with van der Waals surface area (Å²) < 4.78 is 0. The summed E-state index contributed by atoms with van der Waals surface area (Å²) in [5.74, 6) is 0.389. The molecule has 134 valence electrons. The van der Waals surface area contributed by atoms with Crippen LogP contribution >= 0.6 is 11.6 Å². The third kappa shape index (κ3) is 4.65. The van der Waals surface area contributed by atoms with Gasteiger partial charge in [0, 0.05) is 23.7 Å². The molecule has 2 aromatic heterocycles. The molecule has 0 aliphatic rings. The van der Waals surface area contributed by atoms with E-state index in [1.807, 2.05) is 12.1 Å². The highest BCUT2D eigenvalue weighted by molar-refractivity contribution is 6.30. The fraction of sp³-hybridized carbons (Fsp3) is 0.222. The van der Waals surface area contributed by atoms with Crippen LogP contribution in [-0.2, 0) is 0 Å². The van der Waals surface area contributed by atoms with Crippen molar-refractivity contribution < 1.29 is 9.90 Å². The fourth-order valence-corrected chi connectivity index (χ4v) is 2.45. The van der Waals surface area contributed by atoms with Gasteiger partial charge < -0.3 is 10.4 Å². The fourth-order valence-electron chi connectivity index (χ4n) is 2.33. The Hall–Kier alpha value is -2.77. The number of halogens is 1. The van der Waals surface area contributed by atoms with E-state index in [1.165, 1.54) is 0 Å². The van der Waals surface area contributed by atoms with Crippen LogP contribution < -0.4 is 10.6 Å². The average molecular weight is 372 g/mol. The van der Waals surface area contributed by atoms with Crippen LogP contribution in [0.3, 0.4) is 0 Å². The highest BCUT2D eigenvalue weighted by Gasteiger charge is 2.07. The number of carbonyl (C=O) groups excluding carboxylic acids is 1. The number of nitrogens with zero attached hydrogens (tertiary/aromatic N) is 3. The number of hydrogen-bond acceptors (Lipinski definition) is 5. The minimum atomic E-state index is -0.350. The van der Waals surface area contributed by atoms with Gasteiger partial charge in [-0.15, -0.1) is 0 Å². The van der Waals surface area contributed by atoms with Crippen molar-refractivity contribution >= 4 is 34.6 Å². The maximum Gasteiger partial charge on any atom is 0.320 e. The minimum Gasteiger partial charge on any atom is -0.396 e. The summed E-state index contributed by atoms with van der Waals surface area (Å²) in [6, 6.07) is 10.4. The first-order chi connectivity index (χ1) is 12.7. The zero-order valence-corrected chi connectivity index (χ0v) is 14.7. The van der Waals surface area contributed by atoms with Gasteiger partial charge in [0.1, 0.15) is 11.3 Å². The molecule has 0 radical (unpaired) electrons. The number of amides is 2. The van der Waals surface area contributed by atoms with E-state index in [4.69, 9.17) is 16.7 Å². The quantitative estimate of drug-likeness (QED) is 0.577. The smallest absolute Gasteiger partial charge is 0.320 e. The Morgan fingerprint density at radius 2 is 1.88 bits per heavy atom. The van der Waals surface area contributed by atoms with Crippen LogP contribution in [0.1, 0.15) is 12.8 Å². The number of benzene rings is 1. The number of pyridine rings is 1. The maximum absolute atomic E-state index is 11.9. The number of unbranched alkanes of at least 4 members (excludes halogenated alkanes) is 1. The Labute approximate surface area is 155 Å². The highest BCUT2D eigenvalue weighted by Crippen LogP contribution is 2.21. The standard InChI is InChI=1S/C18H18ClN5O2/c19-13-5-3-12(4-6-13)15-11-21-14-7-8-16(23-17(14)22-15)24-18(26)20-9-1-2-10-25/h3-8,11,25H,1-2,9-10H2,(H2,20,22,23,24,26). The van der Waals surface area contributed by atoms with E-state index in [0.29, 0.717) is 47.1 Å². The predicted octanol–water partition coefficient (Wildman–Crippen LogP) is 3.24. The molecule has 1 aromatic carbocycles. The van der Waals surface area contributed by atoms with Gasteiger partial charge in [-0.2, -0.15) is 0 Å². The average Bonchev–Trinajstić information content (AvgIpc) is 2.65. The Bertz CT molecular complexity index is 902. The molecule has 3 N–H and O–H groups in total. The Kier molecular flexibility index (Phi) is 5.93. The molecule has 26 heavy (non-hydrogen) atoms. The molecule has 0 aliphatic heterocycles. The molecule has 0 fully saturated rings. The number of urea groups is 1. The van der Waals surface area contributed by atoms with Gasteiger partial charge in [0.2, 0.25) is 0 Å². The number of nitrogens with one attached hydrogen (secondary N) is 2. The van der Waals surface area contributed by atoms with Crippen molar-refractivity contribution in [2.75, 3.05) is 18.5 Å². The molecule has 0 atom stereocenters. The van der Waals surface area contributed by atoms with Crippen LogP contribution in [0, 0.1) is 0 Å². The highest BCUT2D eigenvalue weighted by atomic mass is 35.5. The van der Waals surface area contributed by atoms with Gasteiger partial charge >= 0.3 is 6.03 Å². The van der Waals surface area contributed by atoms with Crippen molar-refractivity contribution in [3.63, 3.8) is 0 Å². The molecule has 0 aliphatic carbocycles. The molecule has 0 spiro atoms. The molecule has 0 bridgehead atoms. The molecular weight excluding hydrogens is 354 g/mol. The summed E-state index contributed by atoms with van der Waals surface area (Å²) in [6.07, 6.45) is 3.04. The van der Waals surface area contributed by atoms with E-state index in [9.17, 15) is 4.79 Å². The molecule has 0 saturated carbocycles. The normalized spacial score (nSPS) is 10.7. The van der Waals surface area contributed by atoms with Gasteiger partial charge in [0.25, 0.3) is 0 Å². The number of carbonyl (C=O) groups is 1. The molecule has 7 nitrogen and oxygen atoms in total. The number of rotatable bonds is 6. The monoisotopic (exact) mass is 371 g/mol. The lowest BCUT2D eigenvalue weighted by Gasteiger charge is -2.07. The van der Waals surface area contributed by atoms with Crippen LogP contribution in [0.4, 0.5) is 10.6 Å². The molecule has 3 aromatic rings. The molecule has 0 saturated heterocycles. The molecule has 3 rings (SSSR count). The van der Waals surface area contributed by atoms with Crippen LogP contribution in [-0.4, -0.2) is 39.2 Å². The van der Waals surface area contributed by atoms with Crippen LogP contribution in [0.2, 0.25) is 5.02 Å². The molecular formula is C18H18ClN5O2. The Balaban J connectivity index is 1.74. The number of aliphatic hydroxyl groups is 1. The summed E-state index contributed by atoms with van der Waals surface area (Å²) in [6.45, 7) is 0.602. The summed E-state index contributed by atoms with van der Waals surface area (Å²) in [5.41, 5.74) is 2.63. The lowest BCUT2D eigenvalue weighted by Crippen LogP contribution is -2.30. The van der Waals surface area contributed by atoms with Crippen molar-refractivity contribution in [1.82, 2.24) is 20.3 Å². The van der Waals surface area contributed by atoms with Crippen LogP contribution in [0.15, 0.2) is 42.6 Å². The van der Waals surface area contributed by atoms with E-state index in [1.54, 1.807) is 30.5 Å². The SMILES string of the molecule is O=C(NCCCCO)Nc1ccc2ncc(-c3ccc(Cl)cc3)nc2n1. The van der Waals surface area contributed by atoms with Crippen LogP contribution in [0.5, 0.6) is 0 Å². The number of aliphatic hydroxyl groups excluding tert-OH is 1. The second-order valence-electron chi connectivity index (χ2n) is 5.61. The second-order valence-corrected chi connectivity index (χ2v) is 6.05. The topological polar surface area (TPSA) is 100 Å². The van der Waals surface area contributed by atoms with Crippen molar-refractivity contribution in [3.8, 4) is 11.3 Å². The van der Waals surface area contributed by atoms with Crippen molar-refractivity contribution in [3.05, 3.63) is 47.6 Å². The van der Waals surface area contributed by atoms with Gasteiger partial charge in [0.15, 0.2) is 5.65 Å². The largest absolute Gasteiger partial charge is 0.396 e. The zero-order chi connectivity index (χ0) is 18.4. The lowest BCUT2D eigenvalue weighted by molar-refractivity contribution is 0.250. The van der Waals surface area contributed by atoms with Gasteiger partial charge in [-0.05, 0) is 37.1 Å². The van der Waals surface area contributed by atoms with E-state index < -0.39 is 0 Å². The van der Waals surface area contributed by atoms with E-state index in [-0.39, 0.29) is 12.6 Å². The molecule has 0 unspecified atom stereocenters. The van der Waals surface area contributed by atoms with E-state index >= 15 is 0 Å². The predicted molar refractivity (Wildman–Crippen MR) is 101 cm³/mol. The summed E-state index contributed by atoms with van der Waals surface area (Å²) in [4.78, 5) is 25.1. The summed E-state index contributed by atoms with van der Waals surface area (Å²) >= 11 is 5.91. The first-order valence-electron chi connectivity index (χ1n) is 8.21. The number of aromatic nitrogens is 3. The number of hydrogen-bond donors (Lipinski definition) is 3. The molecule has 2 amide bonds. The Morgan fingerprint density at radius 3 is 2.65 bits per heavy atom. The summed E-state index contributed by atoms with van der Waals surface area (Å²) in [5, 5.41) is 14.8. The van der Waals surface area contributed by atoms with Crippen molar-refractivity contribution in [1.29, 1.82) is 0 Å².